The summed E-state index contributed by atoms with van der Waals surface area (Å²) in [5, 5.41) is 2.95. The average molecular weight is 479 g/mol. The number of imide groups is 1. The van der Waals surface area contributed by atoms with Crippen molar-refractivity contribution in [1.82, 2.24) is 9.47 Å². The molecule has 0 bridgehead atoms. The van der Waals surface area contributed by atoms with Crippen LogP contribution >= 0.6 is 11.8 Å². The summed E-state index contributed by atoms with van der Waals surface area (Å²) in [4.78, 5) is 50.3. The lowest BCUT2D eigenvalue weighted by atomic mass is 10.1. The second kappa shape index (κ2) is 9.84. The minimum Gasteiger partial charge on any atom is -0.494 e. The lowest BCUT2D eigenvalue weighted by Crippen LogP contribution is -2.36. The molecule has 2 aromatic carbocycles. The van der Waals surface area contributed by atoms with Gasteiger partial charge in [-0.1, -0.05) is 18.2 Å². The Hall–Kier alpha value is -4.05. The number of nitrogens with one attached hydrogen (secondary N) is 1. The van der Waals surface area contributed by atoms with E-state index >= 15 is 0 Å². The van der Waals surface area contributed by atoms with Gasteiger partial charge >= 0.3 is 0 Å². The van der Waals surface area contributed by atoms with Crippen LogP contribution in [0.25, 0.3) is 17.0 Å². The molecular weight excluding hydrogens is 456 g/mol. The molecule has 4 amide bonds. The molecule has 0 aliphatic carbocycles. The highest BCUT2D eigenvalue weighted by Gasteiger charge is 2.36. The number of fused-ring (bicyclic) bond motifs is 1. The van der Waals surface area contributed by atoms with E-state index in [1.54, 1.807) is 41.1 Å². The molecular formula is C24H22N4O5S. The zero-order valence-electron chi connectivity index (χ0n) is 18.3. The third-order valence-electron chi connectivity index (χ3n) is 5.06. The standard InChI is InChI=1S/C24H22N4O5S/c1-2-33-17-9-7-16(8-10-17)26-22(30)14-28-23(31)20(34-24(28)32)11-15-12-27(13-21(25)29)19-6-4-3-5-18(15)19/h3-12H,2,13-14H2,1H3,(H2,25,29)(H,26,30)/b20-11-. The summed E-state index contributed by atoms with van der Waals surface area (Å²) < 4.78 is 7.06. The van der Waals surface area contributed by atoms with Crippen molar-refractivity contribution in [3.63, 3.8) is 0 Å². The second-order valence-corrected chi connectivity index (χ2v) is 8.46. The lowest BCUT2D eigenvalue weighted by Gasteiger charge is -2.12. The van der Waals surface area contributed by atoms with Gasteiger partial charge in [-0.05, 0) is 55.1 Å². The maximum atomic E-state index is 12.9. The number of hydrogen-bond donors (Lipinski definition) is 2. The van der Waals surface area contributed by atoms with Crippen LogP contribution in [-0.4, -0.2) is 45.6 Å². The van der Waals surface area contributed by atoms with Gasteiger partial charge in [0.15, 0.2) is 0 Å². The van der Waals surface area contributed by atoms with Gasteiger partial charge in [0.1, 0.15) is 18.8 Å². The number of anilines is 1. The van der Waals surface area contributed by atoms with Gasteiger partial charge in [0.2, 0.25) is 11.8 Å². The lowest BCUT2D eigenvalue weighted by molar-refractivity contribution is -0.127. The number of primary amides is 1. The molecule has 174 valence electrons. The number of nitrogens with two attached hydrogens (primary N) is 1. The smallest absolute Gasteiger partial charge is 0.294 e. The molecule has 3 N–H and O–H groups in total. The summed E-state index contributed by atoms with van der Waals surface area (Å²) in [6, 6.07) is 14.2. The van der Waals surface area contributed by atoms with Crippen LogP contribution < -0.4 is 15.8 Å². The quantitative estimate of drug-likeness (QED) is 0.479. The highest BCUT2D eigenvalue weighted by molar-refractivity contribution is 8.18. The van der Waals surface area contributed by atoms with E-state index < -0.39 is 29.5 Å². The predicted octanol–water partition coefficient (Wildman–Crippen LogP) is 3.20. The van der Waals surface area contributed by atoms with E-state index in [-0.39, 0.29) is 11.4 Å². The Balaban J connectivity index is 1.49. The van der Waals surface area contributed by atoms with Gasteiger partial charge in [0.05, 0.1) is 11.5 Å². The fraction of sp³-hybridized carbons (Fsp3) is 0.167. The minimum atomic E-state index is -0.552. The average Bonchev–Trinajstić information content (AvgIpc) is 3.27. The van der Waals surface area contributed by atoms with Crippen molar-refractivity contribution in [2.45, 2.75) is 13.5 Å². The van der Waals surface area contributed by atoms with Crippen molar-refractivity contribution in [3.8, 4) is 5.75 Å². The predicted molar refractivity (Wildman–Crippen MR) is 130 cm³/mol. The number of thioether (sulfide) groups is 1. The molecule has 1 aromatic heterocycles. The maximum absolute atomic E-state index is 12.9. The molecule has 3 aromatic rings. The van der Waals surface area contributed by atoms with Crippen LogP contribution in [0.5, 0.6) is 5.75 Å². The summed E-state index contributed by atoms with van der Waals surface area (Å²) in [7, 11) is 0. The molecule has 2 heterocycles. The van der Waals surface area contributed by atoms with Crippen LogP contribution in [0.3, 0.4) is 0 Å². The minimum absolute atomic E-state index is 0.0123. The molecule has 4 rings (SSSR count). The van der Waals surface area contributed by atoms with Gasteiger partial charge < -0.3 is 20.4 Å². The Bertz CT molecular complexity index is 1310. The Morgan fingerprint density at radius 2 is 1.82 bits per heavy atom. The van der Waals surface area contributed by atoms with E-state index in [9.17, 15) is 19.2 Å². The number of rotatable bonds is 8. The topological polar surface area (TPSA) is 124 Å². The van der Waals surface area contributed by atoms with Crippen molar-refractivity contribution in [2.24, 2.45) is 5.73 Å². The van der Waals surface area contributed by atoms with Gasteiger partial charge in [0, 0.05) is 28.4 Å². The number of aromatic nitrogens is 1. The number of ether oxygens (including phenoxy) is 1. The molecule has 0 radical (unpaired) electrons. The Kier molecular flexibility index (Phi) is 6.69. The molecule has 0 atom stereocenters. The van der Waals surface area contributed by atoms with E-state index in [1.165, 1.54) is 0 Å². The van der Waals surface area contributed by atoms with Gasteiger partial charge in [-0.25, -0.2) is 0 Å². The molecule has 0 unspecified atom stereocenters. The maximum Gasteiger partial charge on any atom is 0.294 e. The van der Waals surface area contributed by atoms with Gasteiger partial charge in [0.25, 0.3) is 11.1 Å². The Labute approximate surface area is 199 Å². The second-order valence-electron chi connectivity index (χ2n) is 7.47. The number of benzene rings is 2. The summed E-state index contributed by atoms with van der Waals surface area (Å²) in [6.45, 7) is 1.99. The van der Waals surface area contributed by atoms with Gasteiger partial charge in [-0.15, -0.1) is 0 Å². The zero-order chi connectivity index (χ0) is 24.2. The third-order valence-corrected chi connectivity index (χ3v) is 5.96. The largest absolute Gasteiger partial charge is 0.494 e. The van der Waals surface area contributed by atoms with Gasteiger partial charge in [-0.3, -0.25) is 24.1 Å². The number of para-hydroxylation sites is 1. The third kappa shape index (κ3) is 4.96. The number of carbonyl (C=O) groups is 4. The Morgan fingerprint density at radius 3 is 2.53 bits per heavy atom. The van der Waals surface area contributed by atoms with E-state index in [1.807, 2.05) is 31.2 Å². The molecule has 1 aliphatic heterocycles. The van der Waals surface area contributed by atoms with Crippen LogP contribution in [-0.2, 0) is 20.9 Å². The first-order valence-corrected chi connectivity index (χ1v) is 11.3. The fourth-order valence-electron chi connectivity index (χ4n) is 3.61. The molecule has 10 heteroatoms. The van der Waals surface area contributed by atoms with Crippen molar-refractivity contribution in [2.75, 3.05) is 18.5 Å². The molecule has 1 saturated heterocycles. The molecule has 9 nitrogen and oxygen atoms in total. The molecule has 34 heavy (non-hydrogen) atoms. The van der Waals surface area contributed by atoms with Crippen molar-refractivity contribution < 1.29 is 23.9 Å². The number of nitrogens with zero attached hydrogens (tertiary/aromatic N) is 2. The molecule has 1 aliphatic rings. The van der Waals surface area contributed by atoms with Crippen LogP contribution in [0.1, 0.15) is 12.5 Å². The van der Waals surface area contributed by atoms with E-state index in [4.69, 9.17) is 10.5 Å². The first kappa shape index (κ1) is 23.1. The van der Waals surface area contributed by atoms with Gasteiger partial charge in [-0.2, -0.15) is 0 Å². The van der Waals surface area contributed by atoms with Crippen molar-refractivity contribution >= 4 is 57.4 Å². The molecule has 0 spiro atoms. The van der Waals surface area contributed by atoms with Crippen LogP contribution in [0, 0.1) is 0 Å². The van der Waals surface area contributed by atoms with Crippen molar-refractivity contribution in [3.05, 3.63) is 65.2 Å². The van der Waals surface area contributed by atoms with Crippen LogP contribution in [0.15, 0.2) is 59.6 Å². The fourth-order valence-corrected chi connectivity index (χ4v) is 4.44. The SMILES string of the molecule is CCOc1ccc(NC(=O)CN2C(=O)S/C(=C\c3cn(CC(N)=O)c4ccccc34)C2=O)cc1. The monoisotopic (exact) mass is 478 g/mol. The highest BCUT2D eigenvalue weighted by Crippen LogP contribution is 2.34. The first-order chi connectivity index (χ1) is 16.4. The first-order valence-electron chi connectivity index (χ1n) is 10.5. The highest BCUT2D eigenvalue weighted by atomic mass is 32.2. The number of hydrogen-bond acceptors (Lipinski definition) is 6. The number of amides is 4. The molecule has 0 saturated carbocycles. The normalized spacial score (nSPS) is 14.7. The van der Waals surface area contributed by atoms with E-state index in [0.717, 1.165) is 27.6 Å². The van der Waals surface area contributed by atoms with E-state index in [0.29, 0.717) is 23.6 Å². The summed E-state index contributed by atoms with van der Waals surface area (Å²) in [5.41, 5.74) is 7.31. The zero-order valence-corrected chi connectivity index (χ0v) is 19.1. The Morgan fingerprint density at radius 1 is 1.09 bits per heavy atom. The summed E-state index contributed by atoms with van der Waals surface area (Å²) in [6.07, 6.45) is 3.30. The van der Waals surface area contributed by atoms with Crippen LogP contribution in [0.4, 0.5) is 10.5 Å². The van der Waals surface area contributed by atoms with Crippen molar-refractivity contribution in [1.29, 1.82) is 0 Å². The van der Waals surface area contributed by atoms with E-state index in [2.05, 4.69) is 5.32 Å². The summed E-state index contributed by atoms with van der Waals surface area (Å²) >= 11 is 0.765. The number of carbonyl (C=O) groups excluding carboxylic acids is 4. The summed E-state index contributed by atoms with van der Waals surface area (Å²) in [5.74, 6) is -0.866. The van der Waals surface area contributed by atoms with Crippen LogP contribution in [0.2, 0.25) is 0 Å². The molecule has 1 fully saturated rings.